The first kappa shape index (κ1) is 11.2. The van der Waals surface area contributed by atoms with E-state index in [0.29, 0.717) is 0 Å². The molecule has 0 radical (unpaired) electrons. The molecule has 14 heavy (non-hydrogen) atoms. The van der Waals surface area contributed by atoms with E-state index < -0.39 is 16.1 Å². The predicted molar refractivity (Wildman–Crippen MR) is 50.1 cm³/mol. The van der Waals surface area contributed by atoms with Crippen molar-refractivity contribution >= 4 is 10.0 Å². The van der Waals surface area contributed by atoms with Crippen molar-refractivity contribution in [1.29, 1.82) is 0 Å². The van der Waals surface area contributed by atoms with Crippen LogP contribution in [0.4, 0.5) is 0 Å². The van der Waals surface area contributed by atoms with Crippen LogP contribution in [0.15, 0.2) is 17.3 Å². The van der Waals surface area contributed by atoms with Gasteiger partial charge in [0.25, 0.3) is 10.0 Å². The zero-order chi connectivity index (χ0) is 10.8. The van der Waals surface area contributed by atoms with E-state index >= 15 is 0 Å². The number of rotatable bonds is 4. The highest BCUT2D eigenvalue weighted by Gasteiger charge is 2.25. The molecular formula is C7H13N3O3S. The Balaban J connectivity index is 2.97. The number of aliphatic hydroxyl groups is 1. The summed E-state index contributed by atoms with van der Waals surface area (Å²) < 4.78 is 24.6. The molecule has 1 unspecified atom stereocenters. The highest BCUT2D eigenvalue weighted by molar-refractivity contribution is 7.89. The van der Waals surface area contributed by atoms with E-state index in [1.54, 1.807) is 6.92 Å². The lowest BCUT2D eigenvalue weighted by molar-refractivity contribution is 0.213. The van der Waals surface area contributed by atoms with Gasteiger partial charge in [0, 0.05) is 13.1 Å². The first-order valence-electron chi connectivity index (χ1n) is 4.08. The van der Waals surface area contributed by atoms with Gasteiger partial charge in [-0.15, -0.1) is 0 Å². The fourth-order valence-electron chi connectivity index (χ4n) is 0.894. The Labute approximate surface area is 82.6 Å². The molecule has 80 valence electrons. The maximum absolute atomic E-state index is 11.7. The average molecular weight is 219 g/mol. The number of sulfonamides is 1. The van der Waals surface area contributed by atoms with E-state index in [1.807, 2.05) is 0 Å². The van der Waals surface area contributed by atoms with Crippen molar-refractivity contribution in [3.8, 4) is 0 Å². The maximum Gasteiger partial charge on any atom is 0.260 e. The number of aliphatic hydroxyl groups excluding tert-OH is 1. The minimum absolute atomic E-state index is 0.0281. The molecule has 0 aliphatic rings. The molecule has 0 fully saturated rings. The van der Waals surface area contributed by atoms with Gasteiger partial charge >= 0.3 is 0 Å². The van der Waals surface area contributed by atoms with E-state index in [0.717, 1.165) is 4.31 Å². The molecule has 0 aliphatic heterocycles. The summed E-state index contributed by atoms with van der Waals surface area (Å²) in [4.78, 5) is 0. The summed E-state index contributed by atoms with van der Waals surface area (Å²) in [6.07, 6.45) is 1.37. The van der Waals surface area contributed by atoms with Gasteiger partial charge in [-0.2, -0.15) is 9.40 Å². The fourth-order valence-corrected chi connectivity index (χ4v) is 2.15. The molecule has 0 bridgehead atoms. The number of nitrogens with zero attached hydrogens (tertiary/aromatic N) is 2. The van der Waals surface area contributed by atoms with Crippen LogP contribution in [0.25, 0.3) is 0 Å². The Hall–Kier alpha value is -0.920. The van der Waals surface area contributed by atoms with Crippen LogP contribution in [0.5, 0.6) is 0 Å². The molecule has 1 rings (SSSR count). The molecule has 2 N–H and O–H groups in total. The lowest BCUT2D eigenvalue weighted by Gasteiger charge is -2.21. The molecular weight excluding hydrogens is 206 g/mol. The Bertz CT molecular complexity index is 373. The smallest absolute Gasteiger partial charge is 0.260 e. The lowest BCUT2D eigenvalue weighted by Crippen LogP contribution is -2.37. The summed E-state index contributed by atoms with van der Waals surface area (Å²) in [7, 11) is -2.14. The van der Waals surface area contributed by atoms with Crippen LogP contribution in [-0.2, 0) is 10.0 Å². The minimum atomic E-state index is -3.55. The van der Waals surface area contributed by atoms with E-state index in [1.165, 1.54) is 19.3 Å². The van der Waals surface area contributed by atoms with Gasteiger partial charge in [0.15, 0.2) is 5.03 Å². The molecule has 1 atom stereocenters. The van der Waals surface area contributed by atoms with Crippen molar-refractivity contribution in [2.24, 2.45) is 0 Å². The van der Waals surface area contributed by atoms with Gasteiger partial charge in [-0.05, 0) is 13.0 Å². The molecule has 7 heteroatoms. The van der Waals surface area contributed by atoms with Crippen molar-refractivity contribution in [2.45, 2.75) is 18.0 Å². The molecule has 0 saturated carbocycles. The Morgan fingerprint density at radius 3 is 2.79 bits per heavy atom. The summed E-state index contributed by atoms with van der Waals surface area (Å²) in [6, 6.07) is 0.916. The van der Waals surface area contributed by atoms with Gasteiger partial charge in [-0.25, -0.2) is 8.42 Å². The maximum atomic E-state index is 11.7. The quantitative estimate of drug-likeness (QED) is 0.708. The van der Waals surface area contributed by atoms with Gasteiger partial charge in [0.2, 0.25) is 0 Å². The first-order chi connectivity index (χ1) is 6.50. The molecule has 0 aliphatic carbocycles. The zero-order valence-electron chi connectivity index (χ0n) is 8.01. The average Bonchev–Trinajstić information content (AvgIpc) is 2.68. The van der Waals surface area contributed by atoms with Crippen molar-refractivity contribution in [2.75, 3.05) is 13.7 Å². The highest BCUT2D eigenvalue weighted by atomic mass is 32.2. The van der Waals surface area contributed by atoms with Gasteiger partial charge in [-0.3, -0.25) is 5.10 Å². The van der Waals surface area contributed by atoms with Crippen molar-refractivity contribution < 1.29 is 13.5 Å². The SMILES string of the molecule is CC(CO)N(C)S(=O)(=O)c1ccn[nH]1. The summed E-state index contributed by atoms with van der Waals surface area (Å²) in [5, 5.41) is 14.8. The standard InChI is InChI=1S/C7H13N3O3S/c1-6(5-11)10(2)14(12,13)7-3-4-8-9-7/h3-4,6,11H,5H2,1-2H3,(H,8,9). The summed E-state index contributed by atoms with van der Waals surface area (Å²) in [5.41, 5.74) is 0. The molecule has 6 nitrogen and oxygen atoms in total. The van der Waals surface area contributed by atoms with Gasteiger partial charge in [-0.1, -0.05) is 0 Å². The molecule has 1 aromatic heterocycles. The number of H-pyrrole nitrogens is 1. The predicted octanol–water partition coefficient (Wildman–Crippen LogP) is -0.589. The third-order valence-corrected chi connectivity index (χ3v) is 3.92. The molecule has 0 saturated heterocycles. The zero-order valence-corrected chi connectivity index (χ0v) is 8.82. The van der Waals surface area contributed by atoms with Crippen LogP contribution in [0.2, 0.25) is 0 Å². The Kier molecular flexibility index (Phi) is 3.25. The van der Waals surface area contributed by atoms with Crippen LogP contribution in [0, 0.1) is 0 Å². The molecule has 1 aromatic rings. The number of hydrogen-bond donors (Lipinski definition) is 2. The second kappa shape index (κ2) is 4.07. The van der Waals surface area contributed by atoms with Gasteiger partial charge in [0.05, 0.1) is 12.8 Å². The Morgan fingerprint density at radius 2 is 2.36 bits per heavy atom. The molecule has 0 amide bonds. The van der Waals surface area contributed by atoms with Crippen LogP contribution in [0.3, 0.4) is 0 Å². The number of hydrogen-bond acceptors (Lipinski definition) is 4. The molecule has 1 heterocycles. The van der Waals surface area contributed by atoms with Gasteiger partial charge < -0.3 is 5.11 Å². The summed E-state index contributed by atoms with van der Waals surface area (Å²) >= 11 is 0. The monoisotopic (exact) mass is 219 g/mol. The van der Waals surface area contributed by atoms with Crippen LogP contribution < -0.4 is 0 Å². The van der Waals surface area contributed by atoms with Crippen LogP contribution in [-0.4, -0.2) is 47.7 Å². The van der Waals surface area contributed by atoms with E-state index in [4.69, 9.17) is 5.11 Å². The second-order valence-electron chi connectivity index (χ2n) is 2.97. The van der Waals surface area contributed by atoms with Crippen LogP contribution in [0.1, 0.15) is 6.92 Å². The number of nitrogens with one attached hydrogen (secondary N) is 1. The van der Waals surface area contributed by atoms with Crippen molar-refractivity contribution in [3.05, 3.63) is 12.3 Å². The highest BCUT2D eigenvalue weighted by Crippen LogP contribution is 2.12. The van der Waals surface area contributed by atoms with Crippen molar-refractivity contribution in [1.82, 2.24) is 14.5 Å². The summed E-state index contributed by atoms with van der Waals surface area (Å²) in [6.45, 7) is 1.40. The number of aromatic nitrogens is 2. The third-order valence-electron chi connectivity index (χ3n) is 2.02. The second-order valence-corrected chi connectivity index (χ2v) is 4.94. The first-order valence-corrected chi connectivity index (χ1v) is 5.52. The minimum Gasteiger partial charge on any atom is -0.395 e. The van der Waals surface area contributed by atoms with E-state index in [-0.39, 0.29) is 11.6 Å². The normalized spacial score (nSPS) is 14.6. The van der Waals surface area contributed by atoms with Crippen LogP contribution >= 0.6 is 0 Å². The van der Waals surface area contributed by atoms with E-state index in [2.05, 4.69) is 10.2 Å². The van der Waals surface area contributed by atoms with Crippen molar-refractivity contribution in [3.63, 3.8) is 0 Å². The number of aromatic amines is 1. The third kappa shape index (κ3) is 1.94. The number of likely N-dealkylation sites (N-methyl/N-ethyl adjacent to an activating group) is 1. The lowest BCUT2D eigenvalue weighted by atomic mass is 10.4. The molecule has 0 spiro atoms. The van der Waals surface area contributed by atoms with Gasteiger partial charge in [0.1, 0.15) is 0 Å². The van der Waals surface area contributed by atoms with E-state index in [9.17, 15) is 8.42 Å². The fraction of sp³-hybridized carbons (Fsp3) is 0.571. The Morgan fingerprint density at radius 1 is 1.71 bits per heavy atom. The largest absolute Gasteiger partial charge is 0.395 e. The molecule has 0 aromatic carbocycles. The summed E-state index contributed by atoms with van der Waals surface area (Å²) in [5.74, 6) is 0. The topological polar surface area (TPSA) is 86.3 Å².